The monoisotopic (exact) mass is 368 g/mol. The first-order chi connectivity index (χ1) is 11.9. The van der Waals surface area contributed by atoms with Gasteiger partial charge in [-0.05, 0) is 30.9 Å². The number of nitrogens with zero attached hydrogens (tertiary/aromatic N) is 2. The number of hydrogen-bond donors (Lipinski definition) is 0. The number of carbonyl (C=O) groups is 1. The van der Waals surface area contributed by atoms with E-state index in [0.717, 1.165) is 12.8 Å². The van der Waals surface area contributed by atoms with Gasteiger partial charge in [0.1, 0.15) is 16.4 Å². The molecule has 2 saturated heterocycles. The molecule has 0 aliphatic carbocycles. The van der Waals surface area contributed by atoms with Crippen LogP contribution in [0.4, 0.5) is 0 Å². The van der Waals surface area contributed by atoms with Crippen LogP contribution in [0.2, 0.25) is 0 Å². The maximum Gasteiger partial charge on any atom is 0.247 e. The first kappa shape index (κ1) is 18.0. The quantitative estimate of drug-likeness (QED) is 0.802. The van der Waals surface area contributed by atoms with Crippen LogP contribution in [0.15, 0.2) is 23.1 Å². The third-order valence-electron chi connectivity index (χ3n) is 5.13. The summed E-state index contributed by atoms with van der Waals surface area (Å²) < 4.78 is 38.7. The minimum atomic E-state index is -3.75. The second kappa shape index (κ2) is 6.84. The molecule has 0 spiro atoms. The zero-order valence-corrected chi connectivity index (χ0v) is 15.6. The SMILES string of the molecule is COc1ccc(OC)c(S(=O)(=O)N2CCC[C@@H]3CN(C(C)=O)C[C@@H]32)c1. The van der Waals surface area contributed by atoms with Crippen molar-refractivity contribution in [3.8, 4) is 11.5 Å². The van der Waals surface area contributed by atoms with E-state index in [2.05, 4.69) is 0 Å². The minimum Gasteiger partial charge on any atom is -0.497 e. The molecular formula is C17H24N2O5S. The molecule has 0 bridgehead atoms. The molecule has 1 aromatic carbocycles. The number of benzene rings is 1. The van der Waals surface area contributed by atoms with Gasteiger partial charge in [0.2, 0.25) is 15.9 Å². The van der Waals surface area contributed by atoms with Crippen LogP contribution in [0, 0.1) is 5.92 Å². The topological polar surface area (TPSA) is 76.2 Å². The van der Waals surface area contributed by atoms with E-state index < -0.39 is 10.0 Å². The highest BCUT2D eigenvalue weighted by Crippen LogP contribution is 2.37. The molecule has 1 amide bonds. The Hall–Kier alpha value is -1.80. The number of likely N-dealkylation sites (tertiary alicyclic amines) is 1. The molecular weight excluding hydrogens is 344 g/mol. The smallest absolute Gasteiger partial charge is 0.247 e. The molecule has 0 N–H and O–H groups in total. The van der Waals surface area contributed by atoms with Crippen molar-refractivity contribution in [3.05, 3.63) is 18.2 Å². The average Bonchev–Trinajstić information content (AvgIpc) is 3.05. The van der Waals surface area contributed by atoms with E-state index in [-0.39, 0.29) is 22.8 Å². The van der Waals surface area contributed by atoms with E-state index in [4.69, 9.17) is 9.47 Å². The van der Waals surface area contributed by atoms with Crippen LogP contribution in [-0.2, 0) is 14.8 Å². The zero-order valence-electron chi connectivity index (χ0n) is 14.8. The molecule has 0 unspecified atom stereocenters. The molecule has 1 aromatic rings. The molecule has 2 aliphatic rings. The highest BCUT2D eigenvalue weighted by molar-refractivity contribution is 7.89. The van der Waals surface area contributed by atoms with E-state index in [0.29, 0.717) is 31.1 Å². The fourth-order valence-electron chi connectivity index (χ4n) is 3.81. The Balaban J connectivity index is 1.98. The van der Waals surface area contributed by atoms with E-state index in [1.807, 2.05) is 0 Å². The van der Waals surface area contributed by atoms with Crippen LogP contribution in [0.3, 0.4) is 0 Å². The summed E-state index contributed by atoms with van der Waals surface area (Å²) in [7, 11) is -0.802. The van der Waals surface area contributed by atoms with E-state index >= 15 is 0 Å². The summed E-state index contributed by atoms with van der Waals surface area (Å²) in [4.78, 5) is 13.6. The largest absolute Gasteiger partial charge is 0.497 e. The number of sulfonamides is 1. The van der Waals surface area contributed by atoms with Crippen molar-refractivity contribution < 1.29 is 22.7 Å². The summed E-state index contributed by atoms with van der Waals surface area (Å²) in [5, 5.41) is 0. The van der Waals surface area contributed by atoms with Crippen LogP contribution >= 0.6 is 0 Å². The fourth-order valence-corrected chi connectivity index (χ4v) is 5.69. The summed E-state index contributed by atoms with van der Waals surface area (Å²) in [6.45, 7) is 3.06. The van der Waals surface area contributed by atoms with Crippen molar-refractivity contribution in [2.24, 2.45) is 5.92 Å². The Morgan fingerprint density at radius 3 is 2.60 bits per heavy atom. The summed E-state index contributed by atoms with van der Waals surface area (Å²) in [5.74, 6) is 0.934. The Morgan fingerprint density at radius 1 is 1.20 bits per heavy atom. The van der Waals surface area contributed by atoms with Crippen molar-refractivity contribution in [3.63, 3.8) is 0 Å². The predicted octanol–water partition coefficient (Wildman–Crippen LogP) is 1.34. The summed E-state index contributed by atoms with van der Waals surface area (Å²) in [6.07, 6.45) is 1.73. The van der Waals surface area contributed by atoms with Crippen molar-refractivity contribution in [2.75, 3.05) is 33.9 Å². The zero-order chi connectivity index (χ0) is 18.2. The fraction of sp³-hybridized carbons (Fsp3) is 0.588. The van der Waals surface area contributed by atoms with Gasteiger partial charge in [-0.1, -0.05) is 0 Å². The van der Waals surface area contributed by atoms with Crippen molar-refractivity contribution >= 4 is 15.9 Å². The summed E-state index contributed by atoms with van der Waals surface area (Å²) >= 11 is 0. The molecule has 2 aliphatic heterocycles. The van der Waals surface area contributed by atoms with Crippen LogP contribution in [-0.4, -0.2) is 63.4 Å². The summed E-state index contributed by atoms with van der Waals surface area (Å²) in [5.41, 5.74) is 0. The number of ether oxygens (including phenoxy) is 2. The number of carbonyl (C=O) groups excluding carboxylic acids is 1. The molecule has 7 nitrogen and oxygen atoms in total. The number of fused-ring (bicyclic) bond motifs is 1. The molecule has 3 rings (SSSR count). The summed E-state index contributed by atoms with van der Waals surface area (Å²) in [6, 6.07) is 4.59. The molecule has 0 aromatic heterocycles. The van der Waals surface area contributed by atoms with Crippen LogP contribution in [0.25, 0.3) is 0 Å². The van der Waals surface area contributed by atoms with Gasteiger partial charge in [-0.2, -0.15) is 4.31 Å². The number of hydrogen-bond acceptors (Lipinski definition) is 5. The molecule has 2 atom stereocenters. The lowest BCUT2D eigenvalue weighted by Crippen LogP contribution is -2.48. The highest BCUT2D eigenvalue weighted by Gasteiger charge is 2.45. The van der Waals surface area contributed by atoms with Crippen molar-refractivity contribution in [1.82, 2.24) is 9.21 Å². The first-order valence-corrected chi connectivity index (χ1v) is 9.82. The van der Waals surface area contributed by atoms with Crippen LogP contribution in [0.5, 0.6) is 11.5 Å². The molecule has 25 heavy (non-hydrogen) atoms. The van der Waals surface area contributed by atoms with Crippen molar-refractivity contribution in [2.45, 2.75) is 30.7 Å². The Labute approximate surface area is 148 Å². The standard InChI is InChI=1S/C17H24N2O5S/c1-12(20)18-10-13-5-4-8-19(15(13)11-18)25(21,22)17-9-14(23-2)6-7-16(17)24-3/h6-7,9,13,15H,4-5,8,10-11H2,1-3H3/t13-,15+/m1/s1. The molecule has 0 saturated carbocycles. The van der Waals surface area contributed by atoms with Gasteiger partial charge < -0.3 is 14.4 Å². The van der Waals surface area contributed by atoms with Crippen LogP contribution in [0.1, 0.15) is 19.8 Å². The van der Waals surface area contributed by atoms with Gasteiger partial charge in [0.15, 0.2) is 0 Å². The lowest BCUT2D eigenvalue weighted by molar-refractivity contribution is -0.128. The van der Waals surface area contributed by atoms with Crippen molar-refractivity contribution in [1.29, 1.82) is 0 Å². The van der Waals surface area contributed by atoms with E-state index in [9.17, 15) is 13.2 Å². The van der Waals surface area contributed by atoms with Gasteiger partial charge in [-0.15, -0.1) is 0 Å². The van der Waals surface area contributed by atoms with Gasteiger partial charge in [-0.3, -0.25) is 4.79 Å². The molecule has 2 fully saturated rings. The van der Waals surface area contributed by atoms with Gasteiger partial charge in [0, 0.05) is 38.7 Å². The lowest BCUT2D eigenvalue weighted by Gasteiger charge is -2.35. The third kappa shape index (κ3) is 3.20. The normalized spacial score (nSPS) is 24.0. The molecule has 2 heterocycles. The molecule has 0 radical (unpaired) electrons. The second-order valence-electron chi connectivity index (χ2n) is 6.53. The lowest BCUT2D eigenvalue weighted by atomic mass is 9.94. The molecule has 8 heteroatoms. The second-order valence-corrected chi connectivity index (χ2v) is 8.39. The van der Waals surface area contributed by atoms with E-state index in [1.165, 1.54) is 27.2 Å². The third-order valence-corrected chi connectivity index (χ3v) is 7.08. The molecule has 138 valence electrons. The maximum absolute atomic E-state index is 13.3. The number of methoxy groups -OCH3 is 2. The number of amides is 1. The maximum atomic E-state index is 13.3. The Morgan fingerprint density at radius 2 is 1.96 bits per heavy atom. The predicted molar refractivity (Wildman–Crippen MR) is 92.2 cm³/mol. The van der Waals surface area contributed by atoms with Crippen LogP contribution < -0.4 is 9.47 Å². The van der Waals surface area contributed by atoms with Gasteiger partial charge >= 0.3 is 0 Å². The van der Waals surface area contributed by atoms with Gasteiger partial charge in [-0.25, -0.2) is 8.42 Å². The Kier molecular flexibility index (Phi) is 4.92. The number of rotatable bonds is 4. The number of piperidine rings is 1. The Bertz CT molecular complexity index is 764. The van der Waals surface area contributed by atoms with Gasteiger partial charge in [0.05, 0.1) is 14.2 Å². The van der Waals surface area contributed by atoms with Gasteiger partial charge in [0.25, 0.3) is 0 Å². The first-order valence-electron chi connectivity index (χ1n) is 8.38. The van der Waals surface area contributed by atoms with E-state index in [1.54, 1.807) is 21.3 Å². The highest BCUT2D eigenvalue weighted by atomic mass is 32.2. The minimum absolute atomic E-state index is 0.00860. The average molecular weight is 368 g/mol.